The standard InChI is InChI=1S/C14H18N2O4/c1-11(15-18)12-3-2-4-13(9-12)20-10-14(17)16-5-7-19-8-6-16/h2-4,9,18H,5-8,10H2,1H3/b15-11+. The van der Waals surface area contributed by atoms with Crippen molar-refractivity contribution >= 4 is 11.6 Å². The molecular formula is C14H18N2O4. The average molecular weight is 278 g/mol. The number of morpholine rings is 1. The highest BCUT2D eigenvalue weighted by Gasteiger charge is 2.17. The first-order valence-electron chi connectivity index (χ1n) is 6.48. The van der Waals surface area contributed by atoms with Gasteiger partial charge in [-0.3, -0.25) is 4.79 Å². The molecule has 1 heterocycles. The molecule has 1 aliphatic rings. The van der Waals surface area contributed by atoms with Crippen molar-refractivity contribution in [3.8, 4) is 5.75 Å². The number of oxime groups is 1. The second-order valence-electron chi connectivity index (χ2n) is 4.50. The molecule has 0 spiro atoms. The topological polar surface area (TPSA) is 71.4 Å². The van der Waals surface area contributed by atoms with Gasteiger partial charge in [-0.25, -0.2) is 0 Å². The molecule has 1 aromatic rings. The summed E-state index contributed by atoms with van der Waals surface area (Å²) in [6, 6.07) is 7.10. The van der Waals surface area contributed by atoms with Crippen LogP contribution < -0.4 is 4.74 Å². The quantitative estimate of drug-likeness (QED) is 0.509. The minimum absolute atomic E-state index is 0.00122. The minimum atomic E-state index is -0.0498. The third-order valence-corrected chi connectivity index (χ3v) is 3.13. The number of ether oxygens (including phenoxy) is 2. The molecule has 0 aromatic heterocycles. The normalized spacial score (nSPS) is 16.1. The monoisotopic (exact) mass is 278 g/mol. The Hall–Kier alpha value is -2.08. The van der Waals surface area contributed by atoms with Crippen molar-refractivity contribution in [1.29, 1.82) is 0 Å². The van der Waals surface area contributed by atoms with Crippen LogP contribution >= 0.6 is 0 Å². The molecule has 1 aliphatic heterocycles. The van der Waals surface area contributed by atoms with Gasteiger partial charge in [0.2, 0.25) is 0 Å². The van der Waals surface area contributed by atoms with E-state index in [1.165, 1.54) is 0 Å². The van der Waals surface area contributed by atoms with Crippen LogP contribution in [-0.4, -0.2) is 54.6 Å². The van der Waals surface area contributed by atoms with E-state index in [1.807, 2.05) is 6.07 Å². The Labute approximate surface area is 117 Å². The molecule has 6 heteroatoms. The molecule has 0 radical (unpaired) electrons. The third-order valence-electron chi connectivity index (χ3n) is 3.13. The van der Waals surface area contributed by atoms with Gasteiger partial charge >= 0.3 is 0 Å². The zero-order chi connectivity index (χ0) is 14.4. The lowest BCUT2D eigenvalue weighted by atomic mass is 10.1. The van der Waals surface area contributed by atoms with Crippen LogP contribution in [0.1, 0.15) is 12.5 Å². The molecule has 0 unspecified atom stereocenters. The van der Waals surface area contributed by atoms with Gasteiger partial charge in [0.25, 0.3) is 5.91 Å². The molecule has 20 heavy (non-hydrogen) atoms. The predicted molar refractivity (Wildman–Crippen MR) is 73.3 cm³/mol. The Morgan fingerprint density at radius 1 is 1.45 bits per heavy atom. The van der Waals surface area contributed by atoms with Gasteiger partial charge in [0.05, 0.1) is 18.9 Å². The molecule has 1 N–H and O–H groups in total. The molecule has 0 aliphatic carbocycles. The molecule has 1 amide bonds. The van der Waals surface area contributed by atoms with Crippen molar-refractivity contribution in [3.63, 3.8) is 0 Å². The summed E-state index contributed by atoms with van der Waals surface area (Å²) in [6.45, 7) is 4.06. The van der Waals surface area contributed by atoms with E-state index in [9.17, 15) is 4.79 Å². The second kappa shape index (κ2) is 6.91. The molecule has 0 atom stereocenters. The van der Waals surface area contributed by atoms with Gasteiger partial charge in [-0.1, -0.05) is 17.3 Å². The first-order valence-corrected chi connectivity index (χ1v) is 6.48. The van der Waals surface area contributed by atoms with Crippen LogP contribution in [0.4, 0.5) is 0 Å². The van der Waals surface area contributed by atoms with Crippen molar-refractivity contribution in [2.45, 2.75) is 6.92 Å². The summed E-state index contributed by atoms with van der Waals surface area (Å²) in [7, 11) is 0. The Balaban J connectivity index is 1.91. The molecular weight excluding hydrogens is 260 g/mol. The van der Waals surface area contributed by atoms with Crippen molar-refractivity contribution in [2.75, 3.05) is 32.9 Å². The Morgan fingerprint density at radius 3 is 2.90 bits per heavy atom. The number of carbonyl (C=O) groups is 1. The number of amides is 1. The smallest absolute Gasteiger partial charge is 0.260 e. The lowest BCUT2D eigenvalue weighted by molar-refractivity contribution is -0.137. The summed E-state index contributed by atoms with van der Waals surface area (Å²) in [5.41, 5.74) is 1.25. The maximum Gasteiger partial charge on any atom is 0.260 e. The Bertz CT molecular complexity index is 496. The molecule has 0 bridgehead atoms. The second-order valence-corrected chi connectivity index (χ2v) is 4.50. The van der Waals surface area contributed by atoms with E-state index < -0.39 is 0 Å². The van der Waals surface area contributed by atoms with Crippen molar-refractivity contribution in [3.05, 3.63) is 29.8 Å². The van der Waals surface area contributed by atoms with Crippen LogP contribution in [0.2, 0.25) is 0 Å². The van der Waals surface area contributed by atoms with Gasteiger partial charge in [-0.2, -0.15) is 0 Å². The van der Waals surface area contributed by atoms with Gasteiger partial charge in [0, 0.05) is 18.7 Å². The first-order chi connectivity index (χ1) is 9.70. The lowest BCUT2D eigenvalue weighted by Gasteiger charge is -2.26. The molecule has 6 nitrogen and oxygen atoms in total. The van der Waals surface area contributed by atoms with E-state index in [0.717, 1.165) is 5.56 Å². The van der Waals surface area contributed by atoms with Gasteiger partial charge in [-0.15, -0.1) is 0 Å². The van der Waals surface area contributed by atoms with E-state index in [0.29, 0.717) is 37.8 Å². The van der Waals surface area contributed by atoms with Crippen LogP contribution in [0.15, 0.2) is 29.4 Å². The highest BCUT2D eigenvalue weighted by atomic mass is 16.5. The number of hydrogen-bond donors (Lipinski definition) is 1. The van der Waals surface area contributed by atoms with Crippen LogP contribution in [-0.2, 0) is 9.53 Å². The summed E-state index contributed by atoms with van der Waals surface area (Å²) in [4.78, 5) is 13.7. The number of benzene rings is 1. The SMILES string of the molecule is C/C(=N\O)c1cccc(OCC(=O)N2CCOCC2)c1. The van der Waals surface area contributed by atoms with E-state index >= 15 is 0 Å². The van der Waals surface area contributed by atoms with Crippen LogP contribution in [0.5, 0.6) is 5.75 Å². The highest BCUT2D eigenvalue weighted by Crippen LogP contribution is 2.14. The zero-order valence-corrected chi connectivity index (χ0v) is 11.4. The van der Waals surface area contributed by atoms with Crippen molar-refractivity contribution in [1.82, 2.24) is 4.90 Å². The fourth-order valence-corrected chi connectivity index (χ4v) is 1.92. The van der Waals surface area contributed by atoms with Gasteiger partial charge in [0.1, 0.15) is 5.75 Å². The van der Waals surface area contributed by atoms with Crippen LogP contribution in [0, 0.1) is 0 Å². The highest BCUT2D eigenvalue weighted by molar-refractivity contribution is 5.98. The summed E-state index contributed by atoms with van der Waals surface area (Å²) in [6.07, 6.45) is 0. The van der Waals surface area contributed by atoms with E-state index in [-0.39, 0.29) is 12.5 Å². The van der Waals surface area contributed by atoms with E-state index in [4.69, 9.17) is 14.7 Å². The zero-order valence-electron chi connectivity index (χ0n) is 11.4. The number of nitrogens with zero attached hydrogens (tertiary/aromatic N) is 2. The van der Waals surface area contributed by atoms with Gasteiger partial charge < -0.3 is 19.6 Å². The maximum atomic E-state index is 11.9. The molecule has 2 rings (SSSR count). The summed E-state index contributed by atoms with van der Waals surface area (Å²) in [5, 5.41) is 11.9. The molecule has 1 saturated heterocycles. The summed E-state index contributed by atoms with van der Waals surface area (Å²) >= 11 is 0. The lowest BCUT2D eigenvalue weighted by Crippen LogP contribution is -2.42. The predicted octanol–water partition coefficient (Wildman–Crippen LogP) is 1.12. The number of carbonyl (C=O) groups excluding carboxylic acids is 1. The van der Waals surface area contributed by atoms with E-state index in [1.54, 1.807) is 30.0 Å². The van der Waals surface area contributed by atoms with E-state index in [2.05, 4.69) is 5.16 Å². The number of hydrogen-bond acceptors (Lipinski definition) is 5. The van der Waals surface area contributed by atoms with Crippen molar-refractivity contribution < 1.29 is 19.5 Å². The first kappa shape index (κ1) is 14.3. The average Bonchev–Trinajstić information content (AvgIpc) is 2.53. The Morgan fingerprint density at radius 2 is 2.20 bits per heavy atom. The maximum absolute atomic E-state index is 11.9. The summed E-state index contributed by atoms with van der Waals surface area (Å²) in [5.74, 6) is 0.526. The largest absolute Gasteiger partial charge is 0.484 e. The fraction of sp³-hybridized carbons (Fsp3) is 0.429. The molecule has 1 aromatic carbocycles. The minimum Gasteiger partial charge on any atom is -0.484 e. The Kier molecular flexibility index (Phi) is 4.95. The van der Waals surface area contributed by atoms with Crippen LogP contribution in [0.25, 0.3) is 0 Å². The number of rotatable bonds is 4. The fourth-order valence-electron chi connectivity index (χ4n) is 1.92. The van der Waals surface area contributed by atoms with Gasteiger partial charge in [0.15, 0.2) is 6.61 Å². The molecule has 1 fully saturated rings. The molecule has 108 valence electrons. The summed E-state index contributed by atoms with van der Waals surface area (Å²) < 4.78 is 10.7. The third kappa shape index (κ3) is 3.71. The van der Waals surface area contributed by atoms with Gasteiger partial charge in [-0.05, 0) is 19.1 Å². The van der Waals surface area contributed by atoms with Crippen molar-refractivity contribution in [2.24, 2.45) is 5.16 Å². The van der Waals surface area contributed by atoms with Crippen LogP contribution in [0.3, 0.4) is 0 Å². The molecule has 0 saturated carbocycles.